The SMILES string of the molecule is CCCCCCCCCCCCCCCCCC(=O)N(CCCCCCNC(=O)O[C@H]1CC[C@@]2(C)C(=CC[C@H]3[C@@H]4CC[C@H]([C@H](C)CCCC(C)C)[C@@]4(C)CC[C@@H]32)C1)CC(=O)NCCCN. The van der Waals surface area contributed by atoms with Gasteiger partial charge in [-0.15, -0.1) is 0 Å². The van der Waals surface area contributed by atoms with E-state index in [0.717, 1.165) is 99.7 Å². The molecule has 0 spiro atoms. The minimum absolute atomic E-state index is 0.0346. The van der Waals surface area contributed by atoms with Crippen LogP contribution >= 0.6 is 0 Å². The maximum atomic E-state index is 13.3. The summed E-state index contributed by atoms with van der Waals surface area (Å²) < 4.78 is 6.06. The first-order valence-corrected chi connectivity index (χ1v) is 28.3. The van der Waals surface area contributed by atoms with Gasteiger partial charge < -0.3 is 26.0 Å². The maximum absolute atomic E-state index is 13.3. The van der Waals surface area contributed by atoms with E-state index in [1.165, 1.54) is 135 Å². The Morgan fingerprint density at radius 2 is 1.35 bits per heavy atom. The summed E-state index contributed by atoms with van der Waals surface area (Å²) in [4.78, 5) is 40.7. The molecule has 8 nitrogen and oxygen atoms in total. The highest BCUT2D eigenvalue weighted by atomic mass is 16.6. The molecule has 0 bridgehead atoms. The average Bonchev–Trinajstić information content (AvgIpc) is 3.64. The Balaban J connectivity index is 1.08. The van der Waals surface area contributed by atoms with Gasteiger partial charge in [0.2, 0.25) is 11.8 Å². The van der Waals surface area contributed by atoms with E-state index < -0.39 is 0 Å². The zero-order valence-electron chi connectivity index (χ0n) is 43.4. The quantitative estimate of drug-likeness (QED) is 0.0440. The number of fused-ring (bicyclic) bond motifs is 5. The van der Waals surface area contributed by atoms with E-state index in [9.17, 15) is 14.4 Å². The fourth-order valence-electron chi connectivity index (χ4n) is 13.6. The fourth-order valence-corrected chi connectivity index (χ4v) is 13.6. The van der Waals surface area contributed by atoms with E-state index in [-0.39, 0.29) is 36.0 Å². The van der Waals surface area contributed by atoms with Crippen molar-refractivity contribution in [1.29, 1.82) is 0 Å². The van der Waals surface area contributed by atoms with Crippen molar-refractivity contribution in [2.45, 2.75) is 253 Å². The van der Waals surface area contributed by atoms with Crippen LogP contribution in [0.1, 0.15) is 247 Å². The van der Waals surface area contributed by atoms with E-state index in [1.807, 2.05) is 0 Å². The van der Waals surface area contributed by atoms with Crippen LogP contribution in [-0.4, -0.2) is 61.6 Å². The molecule has 0 radical (unpaired) electrons. The molecule has 0 aromatic carbocycles. The molecule has 0 heterocycles. The number of ether oxygens (including phenoxy) is 1. The molecule has 3 amide bonds. The lowest BCUT2D eigenvalue weighted by Crippen LogP contribution is -2.51. The number of amides is 3. The molecule has 4 N–H and O–H groups in total. The molecule has 0 aromatic heterocycles. The Labute approximate surface area is 400 Å². The predicted molar refractivity (Wildman–Crippen MR) is 273 cm³/mol. The summed E-state index contributed by atoms with van der Waals surface area (Å²) in [5.41, 5.74) is 7.94. The molecule has 4 aliphatic rings. The maximum Gasteiger partial charge on any atom is 0.407 e. The fraction of sp³-hybridized carbons (Fsp3) is 0.912. The summed E-state index contributed by atoms with van der Waals surface area (Å²) in [6.07, 6.45) is 40.6. The molecule has 3 fully saturated rings. The molecular weight excluding hydrogens is 805 g/mol. The second-order valence-electron chi connectivity index (χ2n) is 22.9. The first kappa shape index (κ1) is 55.5. The van der Waals surface area contributed by atoms with Crippen LogP contribution < -0.4 is 16.4 Å². The first-order valence-electron chi connectivity index (χ1n) is 28.3. The lowest BCUT2D eigenvalue weighted by atomic mass is 9.47. The van der Waals surface area contributed by atoms with E-state index >= 15 is 0 Å². The van der Waals surface area contributed by atoms with Crippen LogP contribution in [-0.2, 0) is 14.3 Å². The Bertz CT molecular complexity index is 1380. The lowest BCUT2D eigenvalue weighted by molar-refractivity contribution is -0.136. The molecular formula is C57H104N4O4. The summed E-state index contributed by atoms with van der Waals surface area (Å²) in [5, 5.41) is 5.97. The normalized spacial score (nSPS) is 26.5. The van der Waals surface area contributed by atoms with Crippen molar-refractivity contribution in [3.05, 3.63) is 11.6 Å². The van der Waals surface area contributed by atoms with Gasteiger partial charge in [-0.25, -0.2) is 4.79 Å². The van der Waals surface area contributed by atoms with Crippen molar-refractivity contribution in [2.75, 3.05) is 32.7 Å². The summed E-state index contributed by atoms with van der Waals surface area (Å²) in [6, 6.07) is 0. The van der Waals surface area contributed by atoms with Crippen molar-refractivity contribution in [3.8, 4) is 0 Å². The number of unbranched alkanes of at least 4 members (excludes halogenated alkanes) is 17. The second-order valence-corrected chi connectivity index (χ2v) is 22.9. The Morgan fingerprint density at radius 3 is 2.02 bits per heavy atom. The molecule has 0 aromatic rings. The number of alkyl carbamates (subject to hydrolysis) is 1. The number of hydrogen-bond acceptors (Lipinski definition) is 5. The highest BCUT2D eigenvalue weighted by molar-refractivity contribution is 5.84. The van der Waals surface area contributed by atoms with Gasteiger partial charge in [0.25, 0.3) is 0 Å². The van der Waals surface area contributed by atoms with Gasteiger partial charge in [0.05, 0.1) is 6.54 Å². The molecule has 0 saturated heterocycles. The smallest absolute Gasteiger partial charge is 0.407 e. The van der Waals surface area contributed by atoms with Gasteiger partial charge in [-0.2, -0.15) is 0 Å². The molecule has 0 unspecified atom stereocenters. The number of allylic oxidation sites excluding steroid dienone is 1. The van der Waals surface area contributed by atoms with Crippen LogP contribution in [0, 0.1) is 46.3 Å². The molecule has 376 valence electrons. The summed E-state index contributed by atoms with van der Waals surface area (Å²) in [5.74, 6) is 4.97. The molecule has 4 rings (SSSR count). The van der Waals surface area contributed by atoms with Crippen molar-refractivity contribution in [2.24, 2.45) is 52.1 Å². The Hall–Kier alpha value is -2.09. The number of carbonyl (C=O) groups excluding carboxylic acids is 3. The van der Waals surface area contributed by atoms with Crippen LogP contribution in [0.25, 0.3) is 0 Å². The van der Waals surface area contributed by atoms with Gasteiger partial charge in [-0.1, -0.05) is 175 Å². The zero-order chi connectivity index (χ0) is 46.9. The number of carbonyl (C=O) groups is 3. The third-order valence-electron chi connectivity index (χ3n) is 17.5. The van der Waals surface area contributed by atoms with Gasteiger partial charge in [-0.3, -0.25) is 9.59 Å². The topological polar surface area (TPSA) is 114 Å². The second kappa shape index (κ2) is 30.4. The van der Waals surface area contributed by atoms with Crippen LogP contribution in [0.3, 0.4) is 0 Å². The van der Waals surface area contributed by atoms with Crippen molar-refractivity contribution in [3.63, 3.8) is 0 Å². The Morgan fingerprint density at radius 1 is 0.723 bits per heavy atom. The van der Waals surface area contributed by atoms with Crippen LogP contribution in [0.15, 0.2) is 11.6 Å². The van der Waals surface area contributed by atoms with Gasteiger partial charge in [0, 0.05) is 32.5 Å². The number of rotatable bonds is 34. The minimum atomic E-state index is -0.281. The molecule has 0 aliphatic heterocycles. The highest BCUT2D eigenvalue weighted by Crippen LogP contribution is 2.67. The number of nitrogens with two attached hydrogens (primary N) is 1. The van der Waals surface area contributed by atoms with Gasteiger partial charge in [0.15, 0.2) is 0 Å². The van der Waals surface area contributed by atoms with E-state index in [0.29, 0.717) is 38.0 Å². The van der Waals surface area contributed by atoms with Crippen molar-refractivity contribution < 1.29 is 19.1 Å². The van der Waals surface area contributed by atoms with E-state index in [1.54, 1.807) is 10.5 Å². The standard InChI is InChI=1S/C57H104N4O4/c1-7-8-9-10-11-12-13-14-15-16-17-18-19-20-23-30-54(63)61(44-53(62)59-41-27-39-58)42-25-22-21-24-40-60-55(64)65-48-35-37-56(5)47(43-48)31-32-49-51-34-33-50(46(4)29-26-28-45(2)3)57(51,6)38-36-52(49)56/h31,45-46,48-52H,7-30,32-44,58H2,1-6H3,(H,59,62)(H,60,64)/t46-,48+,49+,50-,51+,52+,56+,57-/m1/s1. The van der Waals surface area contributed by atoms with E-state index in [4.69, 9.17) is 10.5 Å². The van der Waals surface area contributed by atoms with Gasteiger partial charge >= 0.3 is 6.09 Å². The first-order chi connectivity index (χ1) is 31.4. The monoisotopic (exact) mass is 909 g/mol. The summed E-state index contributed by atoms with van der Waals surface area (Å²) >= 11 is 0. The predicted octanol–water partition coefficient (Wildman–Crippen LogP) is 14.2. The molecule has 8 atom stereocenters. The number of nitrogens with zero attached hydrogens (tertiary/aromatic N) is 1. The minimum Gasteiger partial charge on any atom is -0.446 e. The lowest BCUT2D eigenvalue weighted by Gasteiger charge is -2.58. The van der Waals surface area contributed by atoms with Gasteiger partial charge in [0.1, 0.15) is 6.10 Å². The van der Waals surface area contributed by atoms with Crippen molar-refractivity contribution >= 4 is 17.9 Å². The van der Waals surface area contributed by atoms with E-state index in [2.05, 4.69) is 58.3 Å². The van der Waals surface area contributed by atoms with Crippen molar-refractivity contribution in [1.82, 2.24) is 15.5 Å². The average molecular weight is 909 g/mol. The number of nitrogens with one attached hydrogen (secondary N) is 2. The summed E-state index contributed by atoms with van der Waals surface area (Å²) in [7, 11) is 0. The van der Waals surface area contributed by atoms with Crippen LogP contribution in [0.4, 0.5) is 4.79 Å². The molecule has 4 aliphatic carbocycles. The van der Waals surface area contributed by atoms with Gasteiger partial charge in [-0.05, 0) is 124 Å². The Kier molecular flexibility index (Phi) is 26.0. The molecule has 65 heavy (non-hydrogen) atoms. The zero-order valence-corrected chi connectivity index (χ0v) is 43.4. The van der Waals surface area contributed by atoms with Crippen LogP contribution in [0.5, 0.6) is 0 Å². The van der Waals surface area contributed by atoms with Crippen LogP contribution in [0.2, 0.25) is 0 Å². The molecule has 8 heteroatoms. The molecule has 3 saturated carbocycles. The third-order valence-corrected chi connectivity index (χ3v) is 17.5. The number of hydrogen-bond donors (Lipinski definition) is 3. The summed E-state index contributed by atoms with van der Waals surface area (Å²) in [6.45, 7) is 17.2. The highest BCUT2D eigenvalue weighted by Gasteiger charge is 2.59. The largest absolute Gasteiger partial charge is 0.446 e. The third kappa shape index (κ3) is 18.4.